The summed E-state index contributed by atoms with van der Waals surface area (Å²) < 4.78 is 5.47. The number of esters is 1. The third-order valence-corrected chi connectivity index (χ3v) is 3.00. The Bertz CT molecular complexity index is 463. The zero-order valence-corrected chi connectivity index (χ0v) is 12.5. The highest BCUT2D eigenvalue weighted by molar-refractivity contribution is 9.10. The van der Waals surface area contributed by atoms with E-state index in [1.807, 2.05) is 25.1 Å². The third kappa shape index (κ3) is 5.74. The molecular weight excluding hydrogens is 312 g/mol. The van der Waals surface area contributed by atoms with Gasteiger partial charge in [-0.2, -0.15) is 0 Å². The van der Waals surface area contributed by atoms with E-state index in [1.165, 1.54) is 7.11 Å². The van der Waals surface area contributed by atoms with Gasteiger partial charge < -0.3 is 15.4 Å². The van der Waals surface area contributed by atoms with Crippen LogP contribution in [0.25, 0.3) is 0 Å². The second-order valence-electron chi connectivity index (χ2n) is 4.02. The van der Waals surface area contributed by atoms with Gasteiger partial charge in [-0.15, -0.1) is 0 Å². The highest BCUT2D eigenvalue weighted by Crippen LogP contribution is 2.19. The van der Waals surface area contributed by atoms with Gasteiger partial charge in [-0.25, -0.2) is 4.79 Å². The number of methoxy groups -OCH3 is 1. The first kappa shape index (κ1) is 15.5. The maximum Gasteiger partial charge on any atom is 0.319 e. The van der Waals surface area contributed by atoms with Crippen LogP contribution < -0.4 is 10.6 Å². The number of rotatable bonds is 5. The SMILES string of the molecule is COC(=O)CCCNC(=O)Nc1ccc(Br)cc1C. The second kappa shape index (κ2) is 7.78. The number of nitrogens with one attached hydrogen (secondary N) is 2. The van der Waals surface area contributed by atoms with Crippen molar-refractivity contribution in [1.82, 2.24) is 5.32 Å². The van der Waals surface area contributed by atoms with Crippen molar-refractivity contribution in [2.24, 2.45) is 0 Å². The van der Waals surface area contributed by atoms with Crippen LogP contribution in [0, 0.1) is 6.92 Å². The fraction of sp³-hybridized carbons (Fsp3) is 0.385. The van der Waals surface area contributed by atoms with Gasteiger partial charge in [0.1, 0.15) is 0 Å². The van der Waals surface area contributed by atoms with Crippen LogP contribution in [0.5, 0.6) is 0 Å². The Balaban J connectivity index is 2.33. The fourth-order valence-corrected chi connectivity index (χ4v) is 1.95. The Kier molecular flexibility index (Phi) is 6.35. The van der Waals surface area contributed by atoms with Gasteiger partial charge in [0.25, 0.3) is 0 Å². The molecular formula is C13H17BrN2O3. The van der Waals surface area contributed by atoms with Crippen LogP contribution in [0.1, 0.15) is 18.4 Å². The average Bonchev–Trinajstić information content (AvgIpc) is 2.37. The van der Waals surface area contributed by atoms with Crippen molar-refractivity contribution in [3.63, 3.8) is 0 Å². The summed E-state index contributed by atoms with van der Waals surface area (Å²) in [6, 6.07) is 5.33. The van der Waals surface area contributed by atoms with Gasteiger partial charge in [-0.3, -0.25) is 4.79 Å². The standard InChI is InChI=1S/C13H17BrN2O3/c1-9-8-10(14)5-6-11(9)16-13(18)15-7-3-4-12(17)19-2/h5-6,8H,3-4,7H2,1-2H3,(H2,15,16,18). The average molecular weight is 329 g/mol. The molecule has 0 unspecified atom stereocenters. The van der Waals surface area contributed by atoms with E-state index >= 15 is 0 Å². The molecule has 1 aromatic rings. The van der Waals surface area contributed by atoms with Crippen molar-refractivity contribution in [2.45, 2.75) is 19.8 Å². The minimum Gasteiger partial charge on any atom is -0.469 e. The predicted molar refractivity (Wildman–Crippen MR) is 77.2 cm³/mol. The lowest BCUT2D eigenvalue weighted by atomic mass is 10.2. The van der Waals surface area contributed by atoms with Crippen LogP contribution in [0.15, 0.2) is 22.7 Å². The lowest BCUT2D eigenvalue weighted by Gasteiger charge is -2.10. The summed E-state index contributed by atoms with van der Waals surface area (Å²) in [5.41, 5.74) is 1.73. The molecule has 0 fully saturated rings. The third-order valence-electron chi connectivity index (χ3n) is 2.51. The van der Waals surface area contributed by atoms with Crippen LogP contribution in [0.2, 0.25) is 0 Å². The lowest BCUT2D eigenvalue weighted by Crippen LogP contribution is -2.30. The number of carbonyl (C=O) groups excluding carboxylic acids is 2. The maximum absolute atomic E-state index is 11.6. The van der Waals surface area contributed by atoms with E-state index in [0.717, 1.165) is 15.7 Å². The number of hydrogen-bond donors (Lipinski definition) is 2. The summed E-state index contributed by atoms with van der Waals surface area (Å²) in [7, 11) is 1.35. The number of anilines is 1. The smallest absolute Gasteiger partial charge is 0.319 e. The van der Waals surface area contributed by atoms with Crippen molar-refractivity contribution in [3.05, 3.63) is 28.2 Å². The number of halogens is 1. The summed E-state index contributed by atoms with van der Waals surface area (Å²) in [4.78, 5) is 22.5. The summed E-state index contributed by atoms with van der Waals surface area (Å²) in [5, 5.41) is 5.44. The molecule has 6 heteroatoms. The molecule has 1 rings (SSSR count). The molecule has 2 amide bonds. The fourth-order valence-electron chi connectivity index (χ4n) is 1.47. The first-order chi connectivity index (χ1) is 9.02. The number of amides is 2. The zero-order chi connectivity index (χ0) is 14.3. The number of aryl methyl sites for hydroxylation is 1. The van der Waals surface area contributed by atoms with Crippen molar-refractivity contribution in [3.8, 4) is 0 Å². The number of hydrogen-bond acceptors (Lipinski definition) is 3. The van der Waals surface area contributed by atoms with Gasteiger partial charge in [0, 0.05) is 23.1 Å². The van der Waals surface area contributed by atoms with E-state index < -0.39 is 0 Å². The van der Waals surface area contributed by atoms with Crippen LogP contribution in [-0.4, -0.2) is 25.7 Å². The molecule has 0 aliphatic rings. The van der Waals surface area contributed by atoms with Gasteiger partial charge in [-0.1, -0.05) is 15.9 Å². The van der Waals surface area contributed by atoms with Crippen LogP contribution in [-0.2, 0) is 9.53 Å². The molecule has 0 aromatic heterocycles. The molecule has 0 spiro atoms. The number of benzene rings is 1. The molecule has 5 nitrogen and oxygen atoms in total. The Hall–Kier alpha value is -1.56. The van der Waals surface area contributed by atoms with E-state index in [4.69, 9.17) is 0 Å². The molecule has 104 valence electrons. The quantitative estimate of drug-likeness (QED) is 0.645. The lowest BCUT2D eigenvalue weighted by molar-refractivity contribution is -0.140. The van der Waals surface area contributed by atoms with Gasteiger partial charge in [-0.05, 0) is 37.1 Å². The molecule has 0 bridgehead atoms. The number of urea groups is 1. The van der Waals surface area contributed by atoms with Gasteiger partial charge in [0.15, 0.2) is 0 Å². The molecule has 19 heavy (non-hydrogen) atoms. The zero-order valence-electron chi connectivity index (χ0n) is 11.0. The normalized spacial score (nSPS) is 9.84. The van der Waals surface area contributed by atoms with Crippen molar-refractivity contribution in [1.29, 1.82) is 0 Å². The maximum atomic E-state index is 11.6. The molecule has 0 atom stereocenters. The molecule has 0 heterocycles. The van der Waals surface area contributed by atoms with Gasteiger partial charge in [0.2, 0.25) is 0 Å². The van der Waals surface area contributed by atoms with E-state index in [0.29, 0.717) is 19.4 Å². The van der Waals surface area contributed by atoms with Crippen LogP contribution >= 0.6 is 15.9 Å². The van der Waals surface area contributed by atoms with E-state index in [1.54, 1.807) is 0 Å². The summed E-state index contributed by atoms with van der Waals surface area (Å²) in [6.07, 6.45) is 0.855. The summed E-state index contributed by atoms with van der Waals surface area (Å²) >= 11 is 3.36. The molecule has 2 N–H and O–H groups in total. The van der Waals surface area contributed by atoms with E-state index in [9.17, 15) is 9.59 Å². The molecule has 1 aromatic carbocycles. The Labute approximate surface area is 120 Å². The van der Waals surface area contributed by atoms with Gasteiger partial charge >= 0.3 is 12.0 Å². The Morgan fingerprint density at radius 2 is 2.11 bits per heavy atom. The van der Waals surface area contributed by atoms with E-state index in [-0.39, 0.29) is 12.0 Å². The first-order valence-corrected chi connectivity index (χ1v) is 6.70. The molecule has 0 saturated carbocycles. The van der Waals surface area contributed by atoms with Crippen LogP contribution in [0.4, 0.5) is 10.5 Å². The monoisotopic (exact) mass is 328 g/mol. The topological polar surface area (TPSA) is 67.4 Å². The first-order valence-electron chi connectivity index (χ1n) is 5.90. The molecule has 0 aliphatic carbocycles. The largest absolute Gasteiger partial charge is 0.469 e. The highest BCUT2D eigenvalue weighted by atomic mass is 79.9. The van der Waals surface area contributed by atoms with Crippen LogP contribution in [0.3, 0.4) is 0 Å². The predicted octanol–water partition coefficient (Wildman–Crippen LogP) is 2.83. The van der Waals surface area contributed by atoms with Crippen molar-refractivity contribution in [2.75, 3.05) is 19.0 Å². The summed E-state index contributed by atoms with van der Waals surface area (Å²) in [6.45, 7) is 2.34. The minimum atomic E-state index is -0.282. The van der Waals surface area contributed by atoms with E-state index in [2.05, 4.69) is 31.3 Å². The van der Waals surface area contributed by atoms with Crippen molar-refractivity contribution >= 4 is 33.6 Å². The Morgan fingerprint density at radius 3 is 2.74 bits per heavy atom. The van der Waals surface area contributed by atoms with Crippen molar-refractivity contribution < 1.29 is 14.3 Å². The summed E-state index contributed by atoms with van der Waals surface area (Å²) in [5.74, 6) is -0.272. The molecule has 0 aliphatic heterocycles. The number of ether oxygens (including phenoxy) is 1. The second-order valence-corrected chi connectivity index (χ2v) is 4.94. The minimum absolute atomic E-state index is 0.272. The highest BCUT2D eigenvalue weighted by Gasteiger charge is 2.05. The molecule has 0 radical (unpaired) electrons. The molecule has 0 saturated heterocycles. The Morgan fingerprint density at radius 1 is 1.37 bits per heavy atom. The van der Waals surface area contributed by atoms with Gasteiger partial charge in [0.05, 0.1) is 7.11 Å². The number of carbonyl (C=O) groups is 2.